The fourth-order valence-electron chi connectivity index (χ4n) is 3.03. The number of nitrogens with zero attached hydrogens (tertiary/aromatic N) is 3. The molecule has 2 aromatic heterocycles. The van der Waals surface area contributed by atoms with Crippen molar-refractivity contribution in [1.82, 2.24) is 26.0 Å². The van der Waals surface area contributed by atoms with Gasteiger partial charge in [-0.3, -0.25) is 4.98 Å². The van der Waals surface area contributed by atoms with Crippen LogP contribution in [0.15, 0.2) is 53.2 Å². The first-order chi connectivity index (χ1) is 12.2. The van der Waals surface area contributed by atoms with Gasteiger partial charge >= 0.3 is 0 Å². The van der Waals surface area contributed by atoms with E-state index >= 15 is 0 Å². The summed E-state index contributed by atoms with van der Waals surface area (Å²) in [6, 6.07) is 14.6. The number of hydrogen-bond donors (Lipinski definition) is 2. The van der Waals surface area contributed by atoms with Gasteiger partial charge in [0.1, 0.15) is 11.7 Å². The number of nitrogens with one attached hydrogen (secondary N) is 2. The average molecular weight is 335 g/mol. The Morgan fingerprint density at radius 1 is 1.04 bits per heavy atom. The van der Waals surface area contributed by atoms with Crippen molar-refractivity contribution < 1.29 is 4.52 Å². The van der Waals surface area contributed by atoms with Crippen molar-refractivity contribution in [2.75, 3.05) is 0 Å². The Kier molecular flexibility index (Phi) is 4.29. The summed E-state index contributed by atoms with van der Waals surface area (Å²) in [6.07, 6.45) is 2.57. The number of pyridine rings is 1. The summed E-state index contributed by atoms with van der Waals surface area (Å²) >= 11 is 0. The second kappa shape index (κ2) is 6.74. The summed E-state index contributed by atoms with van der Waals surface area (Å²) in [5, 5.41) is 4.04. The van der Waals surface area contributed by atoms with E-state index < -0.39 is 0 Å². The molecule has 6 nitrogen and oxygen atoms in total. The first-order valence-corrected chi connectivity index (χ1v) is 8.56. The van der Waals surface area contributed by atoms with Crippen LogP contribution in [0.2, 0.25) is 0 Å². The molecular formula is C19H21N5O. The Balaban J connectivity index is 1.46. The molecule has 1 aliphatic heterocycles. The molecule has 2 unspecified atom stereocenters. The predicted molar refractivity (Wildman–Crippen MR) is 94.4 cm³/mol. The number of aromatic nitrogens is 3. The second-order valence-corrected chi connectivity index (χ2v) is 6.62. The summed E-state index contributed by atoms with van der Waals surface area (Å²) in [5.74, 6) is 1.64. The van der Waals surface area contributed by atoms with Gasteiger partial charge < -0.3 is 4.52 Å². The first kappa shape index (κ1) is 15.9. The van der Waals surface area contributed by atoms with E-state index in [9.17, 15) is 0 Å². The minimum Gasteiger partial charge on any atom is -0.337 e. The van der Waals surface area contributed by atoms with E-state index in [0.29, 0.717) is 23.3 Å². The fraction of sp³-hybridized carbons (Fsp3) is 0.316. The van der Waals surface area contributed by atoms with E-state index in [-0.39, 0.29) is 12.1 Å². The van der Waals surface area contributed by atoms with Crippen LogP contribution in [0.3, 0.4) is 0 Å². The lowest BCUT2D eigenvalue weighted by atomic mass is 9.97. The van der Waals surface area contributed by atoms with E-state index in [1.807, 2.05) is 18.2 Å². The van der Waals surface area contributed by atoms with Crippen molar-refractivity contribution in [2.24, 2.45) is 0 Å². The normalized spacial score (nSPS) is 20.3. The maximum Gasteiger partial charge on any atom is 0.245 e. The first-order valence-electron chi connectivity index (χ1n) is 8.56. The van der Waals surface area contributed by atoms with Crippen LogP contribution in [0.25, 0.3) is 11.5 Å². The Hall–Kier alpha value is -2.57. The minimum atomic E-state index is -0.0141. The number of rotatable bonds is 4. The van der Waals surface area contributed by atoms with Gasteiger partial charge in [-0.25, -0.2) is 10.9 Å². The molecule has 0 spiro atoms. The third-order valence-electron chi connectivity index (χ3n) is 4.54. The molecule has 1 aromatic carbocycles. The molecule has 0 amide bonds. The molecule has 6 heteroatoms. The molecule has 3 aromatic rings. The highest BCUT2D eigenvalue weighted by Gasteiger charge is 2.30. The lowest BCUT2D eigenvalue weighted by Gasteiger charge is -2.11. The molecular weight excluding hydrogens is 314 g/mol. The summed E-state index contributed by atoms with van der Waals surface area (Å²) in [6.45, 7) is 4.41. The third-order valence-corrected chi connectivity index (χ3v) is 4.54. The lowest BCUT2D eigenvalue weighted by molar-refractivity contribution is 0.340. The molecule has 2 atom stereocenters. The van der Waals surface area contributed by atoms with E-state index in [0.717, 1.165) is 6.42 Å². The molecule has 3 heterocycles. The Morgan fingerprint density at radius 3 is 2.56 bits per heavy atom. The zero-order chi connectivity index (χ0) is 17.2. The van der Waals surface area contributed by atoms with E-state index in [1.54, 1.807) is 6.20 Å². The number of hydrogen-bond acceptors (Lipinski definition) is 6. The van der Waals surface area contributed by atoms with Crippen molar-refractivity contribution in [3.8, 4) is 11.5 Å². The van der Waals surface area contributed by atoms with Crippen molar-refractivity contribution in [3.63, 3.8) is 0 Å². The van der Waals surface area contributed by atoms with Crippen LogP contribution >= 0.6 is 0 Å². The van der Waals surface area contributed by atoms with E-state index in [1.165, 1.54) is 11.1 Å². The summed E-state index contributed by atoms with van der Waals surface area (Å²) < 4.78 is 5.43. The molecule has 0 bridgehead atoms. The monoisotopic (exact) mass is 335 g/mol. The van der Waals surface area contributed by atoms with Crippen molar-refractivity contribution in [3.05, 3.63) is 65.7 Å². The highest BCUT2D eigenvalue weighted by Crippen LogP contribution is 2.31. The standard InChI is InChI=1S/C19H21N5O/c1-12(2)13-6-8-14(9-7-13)16-11-17(23-22-16)19-21-18(24-25-19)15-5-3-4-10-20-15/h3-10,12,16-17,22-23H,11H2,1-2H3. The Bertz CT molecular complexity index is 829. The van der Waals surface area contributed by atoms with Gasteiger partial charge in [0.05, 0.1) is 0 Å². The van der Waals surface area contributed by atoms with Crippen molar-refractivity contribution in [2.45, 2.75) is 38.3 Å². The summed E-state index contributed by atoms with van der Waals surface area (Å²) in [7, 11) is 0. The lowest BCUT2D eigenvalue weighted by Crippen LogP contribution is -2.26. The molecule has 0 radical (unpaired) electrons. The zero-order valence-electron chi connectivity index (χ0n) is 14.3. The second-order valence-electron chi connectivity index (χ2n) is 6.62. The molecule has 4 rings (SSSR count). The van der Waals surface area contributed by atoms with Crippen LogP contribution in [0, 0.1) is 0 Å². The Morgan fingerprint density at radius 2 is 1.84 bits per heavy atom. The van der Waals surface area contributed by atoms with Gasteiger partial charge in [0.25, 0.3) is 0 Å². The van der Waals surface area contributed by atoms with Crippen molar-refractivity contribution >= 4 is 0 Å². The van der Waals surface area contributed by atoms with Crippen LogP contribution < -0.4 is 10.9 Å². The topological polar surface area (TPSA) is 75.9 Å². The van der Waals surface area contributed by atoms with Crippen molar-refractivity contribution in [1.29, 1.82) is 0 Å². The van der Waals surface area contributed by atoms with Gasteiger partial charge in [-0.2, -0.15) is 4.98 Å². The maximum atomic E-state index is 5.43. The fourth-order valence-corrected chi connectivity index (χ4v) is 3.03. The van der Waals surface area contributed by atoms with Gasteiger partial charge in [-0.15, -0.1) is 0 Å². The Labute approximate surface area is 146 Å². The highest BCUT2D eigenvalue weighted by molar-refractivity contribution is 5.47. The molecule has 1 fully saturated rings. The molecule has 2 N–H and O–H groups in total. The van der Waals surface area contributed by atoms with Crippen LogP contribution in [0.4, 0.5) is 0 Å². The molecule has 1 aliphatic rings. The predicted octanol–water partition coefficient (Wildman–Crippen LogP) is 3.54. The van der Waals surface area contributed by atoms with Gasteiger partial charge in [0.15, 0.2) is 0 Å². The molecule has 1 saturated heterocycles. The van der Waals surface area contributed by atoms with Gasteiger partial charge in [0.2, 0.25) is 11.7 Å². The summed E-state index contributed by atoms with van der Waals surface area (Å²) in [4.78, 5) is 8.74. The smallest absolute Gasteiger partial charge is 0.245 e. The SMILES string of the molecule is CC(C)c1ccc(C2CC(c3nc(-c4ccccn4)no3)NN2)cc1. The van der Waals surface area contributed by atoms with E-state index in [2.05, 4.69) is 64.1 Å². The molecule has 0 saturated carbocycles. The number of benzene rings is 1. The van der Waals surface area contributed by atoms with Crippen LogP contribution in [0.5, 0.6) is 0 Å². The van der Waals surface area contributed by atoms with Crippen LogP contribution in [0.1, 0.15) is 55.3 Å². The zero-order valence-corrected chi connectivity index (χ0v) is 14.3. The third kappa shape index (κ3) is 3.31. The van der Waals surface area contributed by atoms with Crippen LogP contribution in [-0.2, 0) is 0 Å². The molecule has 0 aliphatic carbocycles. The van der Waals surface area contributed by atoms with Gasteiger partial charge in [-0.05, 0) is 35.6 Å². The summed E-state index contributed by atoms with van der Waals surface area (Å²) in [5.41, 5.74) is 9.90. The van der Waals surface area contributed by atoms with Crippen LogP contribution in [-0.4, -0.2) is 15.1 Å². The largest absolute Gasteiger partial charge is 0.337 e. The van der Waals surface area contributed by atoms with Gasteiger partial charge in [0, 0.05) is 12.2 Å². The minimum absolute atomic E-state index is 0.0141. The molecule has 25 heavy (non-hydrogen) atoms. The van der Waals surface area contributed by atoms with Gasteiger partial charge in [-0.1, -0.05) is 49.3 Å². The number of hydrazine groups is 1. The average Bonchev–Trinajstić information content (AvgIpc) is 3.32. The quantitative estimate of drug-likeness (QED) is 0.759. The molecule has 128 valence electrons. The maximum absolute atomic E-state index is 5.43. The highest BCUT2D eigenvalue weighted by atomic mass is 16.5. The van der Waals surface area contributed by atoms with E-state index in [4.69, 9.17) is 4.52 Å².